The number of carbonyl (C=O) groups excluding carboxylic acids is 1. The molecule has 1 saturated heterocycles. The first kappa shape index (κ1) is 19.5. The average Bonchev–Trinajstić information content (AvgIpc) is 3.14. The summed E-state index contributed by atoms with van der Waals surface area (Å²) in [6.07, 6.45) is 3.68. The molecule has 0 bridgehead atoms. The number of para-hydroxylation sites is 1. The molecule has 1 amide bonds. The van der Waals surface area contributed by atoms with Gasteiger partial charge in [-0.3, -0.25) is 9.78 Å². The van der Waals surface area contributed by atoms with Gasteiger partial charge < -0.3 is 15.4 Å². The first-order valence-electron chi connectivity index (χ1n) is 9.88. The molecule has 3 aromatic rings. The number of hydrogen-bond donors (Lipinski definition) is 2. The van der Waals surface area contributed by atoms with Gasteiger partial charge in [-0.15, -0.1) is 5.10 Å². The minimum Gasteiger partial charge on any atom is -0.384 e. The van der Waals surface area contributed by atoms with Gasteiger partial charge in [0.2, 0.25) is 0 Å². The molecule has 152 valence electrons. The summed E-state index contributed by atoms with van der Waals surface area (Å²) in [5.74, 6) is -0.212. The van der Waals surface area contributed by atoms with Crippen molar-refractivity contribution in [3.8, 4) is 5.69 Å². The van der Waals surface area contributed by atoms with Crippen LogP contribution in [0, 0.1) is 12.3 Å². The van der Waals surface area contributed by atoms with Gasteiger partial charge in [0, 0.05) is 30.7 Å². The summed E-state index contributed by atoms with van der Waals surface area (Å²) in [7, 11) is 1.71. The smallest absolute Gasteiger partial charge is 0.273 e. The summed E-state index contributed by atoms with van der Waals surface area (Å²) < 4.78 is 7.11. The van der Waals surface area contributed by atoms with E-state index in [1.54, 1.807) is 18.0 Å². The van der Waals surface area contributed by atoms with Gasteiger partial charge in [0.05, 0.1) is 23.5 Å². The van der Waals surface area contributed by atoms with Crippen molar-refractivity contribution in [3.63, 3.8) is 0 Å². The maximum Gasteiger partial charge on any atom is 0.273 e. The van der Waals surface area contributed by atoms with E-state index in [4.69, 9.17) is 4.74 Å². The fourth-order valence-electron chi connectivity index (χ4n) is 4.01. The number of nitrogens with zero attached hydrogens (tertiary/aromatic N) is 4. The van der Waals surface area contributed by atoms with Crippen LogP contribution >= 0.6 is 0 Å². The number of rotatable bonds is 6. The Morgan fingerprint density at radius 1 is 1.28 bits per heavy atom. The van der Waals surface area contributed by atoms with Gasteiger partial charge in [0.1, 0.15) is 0 Å². The number of carbonyl (C=O) groups is 1. The average molecular weight is 394 g/mol. The monoisotopic (exact) mass is 394 g/mol. The third kappa shape index (κ3) is 3.86. The largest absolute Gasteiger partial charge is 0.384 e. The number of fused-ring (bicyclic) bond motifs is 1. The fraction of sp³-hybridized carbons (Fsp3) is 0.429. The molecular weight excluding hydrogens is 368 g/mol. The number of benzene rings is 1. The summed E-state index contributed by atoms with van der Waals surface area (Å²) in [6, 6.07) is 9.78. The number of nitrogens with one attached hydrogen (secondary N) is 2. The van der Waals surface area contributed by atoms with E-state index >= 15 is 0 Å². The summed E-state index contributed by atoms with van der Waals surface area (Å²) in [5.41, 5.74) is 2.61. The van der Waals surface area contributed by atoms with E-state index in [9.17, 15) is 4.79 Å². The molecule has 0 atom stereocenters. The Morgan fingerprint density at radius 2 is 2.07 bits per heavy atom. The van der Waals surface area contributed by atoms with Gasteiger partial charge in [-0.1, -0.05) is 23.4 Å². The highest BCUT2D eigenvalue weighted by Crippen LogP contribution is 2.28. The molecule has 8 nitrogen and oxygen atoms in total. The molecule has 2 aromatic heterocycles. The van der Waals surface area contributed by atoms with Crippen LogP contribution in [0.1, 0.15) is 29.0 Å². The molecule has 8 heteroatoms. The second-order valence-electron chi connectivity index (χ2n) is 7.65. The predicted molar refractivity (Wildman–Crippen MR) is 110 cm³/mol. The zero-order valence-corrected chi connectivity index (χ0v) is 16.8. The molecule has 0 aliphatic carbocycles. The molecule has 3 heterocycles. The van der Waals surface area contributed by atoms with Crippen LogP contribution in [0.5, 0.6) is 0 Å². The highest BCUT2D eigenvalue weighted by atomic mass is 16.5. The van der Waals surface area contributed by atoms with E-state index in [2.05, 4.69) is 25.9 Å². The van der Waals surface area contributed by atoms with Crippen LogP contribution < -0.4 is 10.6 Å². The van der Waals surface area contributed by atoms with Gasteiger partial charge in [0.25, 0.3) is 5.91 Å². The van der Waals surface area contributed by atoms with Gasteiger partial charge >= 0.3 is 0 Å². The van der Waals surface area contributed by atoms with Crippen molar-refractivity contribution in [1.82, 2.24) is 30.6 Å². The van der Waals surface area contributed by atoms with E-state index in [1.807, 2.05) is 37.3 Å². The van der Waals surface area contributed by atoms with Crippen molar-refractivity contribution < 1.29 is 9.53 Å². The van der Waals surface area contributed by atoms with Crippen molar-refractivity contribution >= 4 is 16.8 Å². The second-order valence-corrected chi connectivity index (χ2v) is 7.65. The minimum atomic E-state index is -0.212. The van der Waals surface area contributed by atoms with Crippen molar-refractivity contribution in [2.75, 3.05) is 33.4 Å². The van der Waals surface area contributed by atoms with Crippen molar-refractivity contribution in [2.24, 2.45) is 5.41 Å². The number of ether oxygens (including phenoxy) is 1. The zero-order chi connectivity index (χ0) is 20.3. The Labute approximate surface area is 169 Å². The Bertz CT molecular complexity index is 999. The summed E-state index contributed by atoms with van der Waals surface area (Å²) in [6.45, 7) is 4.91. The molecular formula is C21H26N6O2. The molecule has 29 heavy (non-hydrogen) atoms. The summed E-state index contributed by atoms with van der Waals surface area (Å²) >= 11 is 0. The first-order chi connectivity index (χ1) is 14.1. The number of amides is 1. The number of methoxy groups -OCH3 is 1. The van der Waals surface area contributed by atoms with Crippen molar-refractivity contribution in [2.45, 2.75) is 19.8 Å². The lowest BCUT2D eigenvalue weighted by Gasteiger charge is -2.37. The first-order valence-corrected chi connectivity index (χ1v) is 9.88. The molecule has 0 saturated carbocycles. The highest BCUT2D eigenvalue weighted by molar-refractivity contribution is 5.93. The maximum absolute atomic E-state index is 12.9. The van der Waals surface area contributed by atoms with E-state index in [0.717, 1.165) is 42.5 Å². The Hall–Kier alpha value is -2.84. The molecule has 2 N–H and O–H groups in total. The predicted octanol–water partition coefficient (Wildman–Crippen LogP) is 1.87. The second kappa shape index (κ2) is 8.26. The number of pyridine rings is 1. The Kier molecular flexibility index (Phi) is 5.55. The fourth-order valence-corrected chi connectivity index (χ4v) is 4.01. The van der Waals surface area contributed by atoms with E-state index in [0.29, 0.717) is 24.5 Å². The Morgan fingerprint density at radius 3 is 2.86 bits per heavy atom. The minimum absolute atomic E-state index is 0.0425. The van der Waals surface area contributed by atoms with Crippen LogP contribution in [0.3, 0.4) is 0 Å². The quantitative estimate of drug-likeness (QED) is 0.663. The third-order valence-electron chi connectivity index (χ3n) is 5.69. The normalized spacial score (nSPS) is 16.1. The molecule has 0 radical (unpaired) electrons. The van der Waals surface area contributed by atoms with Crippen LogP contribution in [0.25, 0.3) is 16.6 Å². The van der Waals surface area contributed by atoms with Crippen molar-refractivity contribution in [1.29, 1.82) is 0 Å². The lowest BCUT2D eigenvalue weighted by Crippen LogP contribution is -2.47. The van der Waals surface area contributed by atoms with Gasteiger partial charge in [0.15, 0.2) is 5.69 Å². The molecule has 1 aliphatic heterocycles. The zero-order valence-electron chi connectivity index (χ0n) is 16.8. The van der Waals surface area contributed by atoms with E-state index < -0.39 is 0 Å². The summed E-state index contributed by atoms with van der Waals surface area (Å²) in [4.78, 5) is 17.3. The van der Waals surface area contributed by atoms with Crippen LogP contribution in [0.4, 0.5) is 0 Å². The van der Waals surface area contributed by atoms with Crippen LogP contribution in [-0.2, 0) is 4.74 Å². The number of piperidine rings is 1. The molecule has 0 unspecified atom stereocenters. The third-order valence-corrected chi connectivity index (χ3v) is 5.69. The topological polar surface area (TPSA) is 94.0 Å². The van der Waals surface area contributed by atoms with E-state index in [1.165, 1.54) is 0 Å². The maximum atomic E-state index is 12.9. The lowest BCUT2D eigenvalue weighted by atomic mass is 9.79. The molecule has 0 spiro atoms. The van der Waals surface area contributed by atoms with Gasteiger partial charge in [-0.05, 0) is 45.0 Å². The Balaban J connectivity index is 1.56. The van der Waals surface area contributed by atoms with Gasteiger partial charge in [-0.25, -0.2) is 4.68 Å². The number of hydrogen-bond acceptors (Lipinski definition) is 6. The lowest BCUT2D eigenvalue weighted by molar-refractivity contribution is 0.0510. The molecule has 1 aromatic carbocycles. The molecule has 1 fully saturated rings. The van der Waals surface area contributed by atoms with Crippen LogP contribution in [-0.4, -0.2) is 59.2 Å². The molecule has 1 aliphatic rings. The number of aromatic nitrogens is 4. The highest BCUT2D eigenvalue weighted by Gasteiger charge is 2.33. The van der Waals surface area contributed by atoms with Crippen LogP contribution in [0.2, 0.25) is 0 Å². The SMILES string of the molecule is COCC1(CNC(=O)c2nnn(-c3cccc4cccnc34)c2C)CCNCC1. The van der Waals surface area contributed by atoms with E-state index in [-0.39, 0.29) is 11.3 Å². The van der Waals surface area contributed by atoms with Crippen LogP contribution in [0.15, 0.2) is 36.5 Å². The van der Waals surface area contributed by atoms with Crippen molar-refractivity contribution in [3.05, 3.63) is 47.9 Å². The van der Waals surface area contributed by atoms with Gasteiger partial charge in [-0.2, -0.15) is 0 Å². The summed E-state index contributed by atoms with van der Waals surface area (Å²) in [5, 5.41) is 15.8. The standard InChI is InChI=1S/C21H26N6O2/c1-15-18(20(28)24-13-21(14-29-2)8-11-22-12-9-21)25-26-27(15)17-7-3-5-16-6-4-10-23-19(16)17/h3-7,10,22H,8-9,11-14H2,1-2H3,(H,24,28). The molecule has 4 rings (SSSR count).